The zero-order valence-corrected chi connectivity index (χ0v) is 15.0. The van der Waals surface area contributed by atoms with Gasteiger partial charge in [0.2, 0.25) is 5.91 Å². The standard InChI is InChI=1S/C19H19NO2S2/c1-14-6-8-15(9-7-14)19(17-5-3-11-24-17)20-18(21)13-23-12-16-4-2-10-22-16/h2-11,19H,12-13H2,1H3,(H,20,21). The smallest absolute Gasteiger partial charge is 0.230 e. The Morgan fingerprint density at radius 1 is 1.21 bits per heavy atom. The van der Waals surface area contributed by atoms with Crippen LogP contribution in [-0.2, 0) is 10.5 Å². The summed E-state index contributed by atoms with van der Waals surface area (Å²) in [5.74, 6) is 2.04. The van der Waals surface area contributed by atoms with Gasteiger partial charge in [-0.3, -0.25) is 4.79 Å². The van der Waals surface area contributed by atoms with E-state index in [2.05, 4.69) is 42.6 Å². The summed E-state index contributed by atoms with van der Waals surface area (Å²) in [5.41, 5.74) is 2.32. The Morgan fingerprint density at radius 2 is 2.04 bits per heavy atom. The van der Waals surface area contributed by atoms with Crippen molar-refractivity contribution in [3.8, 4) is 0 Å². The van der Waals surface area contributed by atoms with Crippen molar-refractivity contribution < 1.29 is 9.21 Å². The molecule has 1 unspecified atom stereocenters. The van der Waals surface area contributed by atoms with Gasteiger partial charge in [0.05, 0.1) is 23.8 Å². The molecule has 0 saturated carbocycles. The molecule has 1 atom stereocenters. The van der Waals surface area contributed by atoms with Gasteiger partial charge < -0.3 is 9.73 Å². The van der Waals surface area contributed by atoms with Crippen molar-refractivity contribution >= 4 is 29.0 Å². The first-order chi connectivity index (χ1) is 11.7. The second kappa shape index (κ2) is 8.22. The molecule has 2 heterocycles. The van der Waals surface area contributed by atoms with Crippen molar-refractivity contribution in [2.45, 2.75) is 18.7 Å². The van der Waals surface area contributed by atoms with Crippen LogP contribution in [0.5, 0.6) is 0 Å². The summed E-state index contributed by atoms with van der Waals surface area (Å²) >= 11 is 3.21. The van der Waals surface area contributed by atoms with Gasteiger partial charge in [0.1, 0.15) is 5.76 Å². The molecule has 124 valence electrons. The molecule has 0 aliphatic carbocycles. The van der Waals surface area contributed by atoms with Gasteiger partial charge in [0.25, 0.3) is 0 Å². The van der Waals surface area contributed by atoms with E-state index in [1.54, 1.807) is 29.4 Å². The maximum Gasteiger partial charge on any atom is 0.230 e. The topological polar surface area (TPSA) is 42.2 Å². The van der Waals surface area contributed by atoms with Crippen LogP contribution in [0.15, 0.2) is 64.6 Å². The van der Waals surface area contributed by atoms with Crippen LogP contribution in [0.1, 0.15) is 27.8 Å². The Bertz CT molecular complexity index is 749. The quantitative estimate of drug-likeness (QED) is 0.661. The number of hydrogen-bond donors (Lipinski definition) is 1. The van der Waals surface area contributed by atoms with Gasteiger partial charge in [-0.25, -0.2) is 0 Å². The second-order valence-electron chi connectivity index (χ2n) is 5.50. The summed E-state index contributed by atoms with van der Waals surface area (Å²) in [4.78, 5) is 13.5. The van der Waals surface area contributed by atoms with E-state index in [9.17, 15) is 4.79 Å². The summed E-state index contributed by atoms with van der Waals surface area (Å²) in [6.07, 6.45) is 1.65. The molecule has 1 aromatic carbocycles. The highest BCUT2D eigenvalue weighted by Gasteiger charge is 2.17. The summed E-state index contributed by atoms with van der Waals surface area (Å²) in [5, 5.41) is 5.19. The van der Waals surface area contributed by atoms with Gasteiger partial charge in [-0.1, -0.05) is 35.9 Å². The molecule has 3 nitrogen and oxygen atoms in total. The molecular formula is C19H19NO2S2. The summed E-state index contributed by atoms with van der Waals surface area (Å²) in [6.45, 7) is 2.06. The number of carbonyl (C=O) groups is 1. The number of nitrogens with one attached hydrogen (secondary N) is 1. The first-order valence-corrected chi connectivity index (χ1v) is 9.75. The lowest BCUT2D eigenvalue weighted by atomic mass is 10.0. The highest BCUT2D eigenvalue weighted by atomic mass is 32.2. The third kappa shape index (κ3) is 4.52. The lowest BCUT2D eigenvalue weighted by molar-refractivity contribution is -0.119. The number of benzene rings is 1. The van der Waals surface area contributed by atoms with Crippen LogP contribution in [-0.4, -0.2) is 11.7 Å². The largest absolute Gasteiger partial charge is 0.468 e. The van der Waals surface area contributed by atoms with Crippen LogP contribution in [0, 0.1) is 6.92 Å². The second-order valence-corrected chi connectivity index (χ2v) is 7.46. The zero-order chi connectivity index (χ0) is 16.8. The summed E-state index contributed by atoms with van der Waals surface area (Å²) < 4.78 is 5.28. The Morgan fingerprint density at radius 3 is 2.71 bits per heavy atom. The minimum atomic E-state index is -0.0951. The van der Waals surface area contributed by atoms with E-state index < -0.39 is 0 Å². The normalized spacial score (nSPS) is 12.0. The fourth-order valence-electron chi connectivity index (χ4n) is 2.37. The van der Waals surface area contributed by atoms with E-state index in [1.165, 1.54) is 5.56 Å². The van der Waals surface area contributed by atoms with Gasteiger partial charge >= 0.3 is 0 Å². The fourth-order valence-corrected chi connectivity index (χ4v) is 3.91. The average molecular weight is 358 g/mol. The molecule has 24 heavy (non-hydrogen) atoms. The number of rotatable bonds is 7. The van der Waals surface area contributed by atoms with E-state index in [4.69, 9.17) is 4.42 Å². The van der Waals surface area contributed by atoms with Crippen molar-refractivity contribution in [2.75, 3.05) is 5.75 Å². The van der Waals surface area contributed by atoms with Crippen LogP contribution >= 0.6 is 23.1 Å². The van der Waals surface area contributed by atoms with Crippen LogP contribution in [0.2, 0.25) is 0 Å². The molecule has 1 amide bonds. The predicted molar refractivity (Wildman–Crippen MR) is 100 cm³/mol. The third-order valence-electron chi connectivity index (χ3n) is 3.60. The van der Waals surface area contributed by atoms with Crippen molar-refractivity contribution in [1.82, 2.24) is 5.32 Å². The molecule has 0 aliphatic heterocycles. The zero-order valence-electron chi connectivity index (χ0n) is 13.4. The lowest BCUT2D eigenvalue weighted by Gasteiger charge is -2.18. The van der Waals surface area contributed by atoms with E-state index in [0.29, 0.717) is 11.5 Å². The maximum atomic E-state index is 12.4. The lowest BCUT2D eigenvalue weighted by Crippen LogP contribution is -2.30. The molecule has 0 aliphatic rings. The average Bonchev–Trinajstić information content (AvgIpc) is 3.27. The van der Waals surface area contributed by atoms with Gasteiger partial charge in [0, 0.05) is 4.88 Å². The Kier molecular flexibility index (Phi) is 5.77. The minimum absolute atomic E-state index is 0.0329. The van der Waals surface area contributed by atoms with Gasteiger partial charge in [-0.05, 0) is 36.1 Å². The molecule has 0 saturated heterocycles. The number of carbonyl (C=O) groups excluding carboxylic acids is 1. The highest BCUT2D eigenvalue weighted by molar-refractivity contribution is 7.99. The SMILES string of the molecule is Cc1ccc(C(NC(=O)CSCc2ccco2)c2cccs2)cc1. The van der Waals surface area contributed by atoms with E-state index in [0.717, 1.165) is 16.2 Å². The van der Waals surface area contributed by atoms with Crippen molar-refractivity contribution in [2.24, 2.45) is 0 Å². The van der Waals surface area contributed by atoms with Crippen LogP contribution in [0.4, 0.5) is 0 Å². The molecule has 2 aromatic heterocycles. The van der Waals surface area contributed by atoms with Gasteiger partial charge in [0.15, 0.2) is 0 Å². The molecule has 0 fully saturated rings. The molecular weight excluding hydrogens is 338 g/mol. The van der Waals surface area contributed by atoms with E-state index in [1.807, 2.05) is 23.6 Å². The molecule has 0 bridgehead atoms. The fraction of sp³-hybridized carbons (Fsp3) is 0.211. The van der Waals surface area contributed by atoms with Crippen molar-refractivity contribution in [3.05, 3.63) is 81.9 Å². The molecule has 3 aromatic rings. The van der Waals surface area contributed by atoms with Crippen molar-refractivity contribution in [3.63, 3.8) is 0 Å². The van der Waals surface area contributed by atoms with E-state index in [-0.39, 0.29) is 11.9 Å². The number of amides is 1. The van der Waals surface area contributed by atoms with Crippen LogP contribution in [0.25, 0.3) is 0 Å². The van der Waals surface area contributed by atoms with E-state index >= 15 is 0 Å². The molecule has 3 rings (SSSR count). The first-order valence-electron chi connectivity index (χ1n) is 7.72. The predicted octanol–water partition coefficient (Wildman–Crippen LogP) is 4.79. The maximum absolute atomic E-state index is 12.4. The Labute approximate surface area is 150 Å². The number of aryl methyl sites for hydroxylation is 1. The first kappa shape index (κ1) is 16.9. The third-order valence-corrected chi connectivity index (χ3v) is 5.49. The van der Waals surface area contributed by atoms with Crippen molar-refractivity contribution in [1.29, 1.82) is 0 Å². The monoisotopic (exact) mass is 357 g/mol. The summed E-state index contributed by atoms with van der Waals surface area (Å²) in [6, 6.07) is 16.1. The van der Waals surface area contributed by atoms with Gasteiger partial charge in [-0.15, -0.1) is 23.1 Å². The van der Waals surface area contributed by atoms with Crippen LogP contribution in [0.3, 0.4) is 0 Å². The van der Waals surface area contributed by atoms with Gasteiger partial charge in [-0.2, -0.15) is 0 Å². The molecule has 0 spiro atoms. The molecule has 0 radical (unpaired) electrons. The molecule has 1 N–H and O–H groups in total. The molecule has 5 heteroatoms. The number of thiophene rings is 1. The number of furan rings is 1. The van der Waals surface area contributed by atoms with Crippen LogP contribution < -0.4 is 5.32 Å². The number of thioether (sulfide) groups is 1. The highest BCUT2D eigenvalue weighted by Crippen LogP contribution is 2.26. The number of hydrogen-bond acceptors (Lipinski definition) is 4. The summed E-state index contributed by atoms with van der Waals surface area (Å²) in [7, 11) is 0. The Balaban J connectivity index is 1.63. The Hall–Kier alpha value is -1.98. The minimum Gasteiger partial charge on any atom is -0.468 e.